The molecule has 0 amide bonds. The van der Waals surface area contributed by atoms with Gasteiger partial charge in [0.1, 0.15) is 5.82 Å². The third-order valence-corrected chi connectivity index (χ3v) is 3.66. The number of halogens is 1. The molecule has 1 aliphatic heterocycles. The van der Waals surface area contributed by atoms with E-state index in [2.05, 4.69) is 31.0 Å². The van der Waals surface area contributed by atoms with E-state index in [1.54, 1.807) is 6.07 Å². The summed E-state index contributed by atoms with van der Waals surface area (Å²) in [6.45, 7) is 10.2. The summed E-state index contributed by atoms with van der Waals surface area (Å²) >= 11 is 0. The van der Waals surface area contributed by atoms with Gasteiger partial charge < -0.3 is 10.2 Å². The molecule has 2 nitrogen and oxygen atoms in total. The van der Waals surface area contributed by atoms with Crippen LogP contribution in [0, 0.1) is 17.7 Å². The van der Waals surface area contributed by atoms with Crippen LogP contribution in [0.15, 0.2) is 18.2 Å². The van der Waals surface area contributed by atoms with Crippen LogP contribution in [0.3, 0.4) is 0 Å². The van der Waals surface area contributed by atoms with Crippen molar-refractivity contribution in [3.8, 4) is 0 Å². The summed E-state index contributed by atoms with van der Waals surface area (Å²) in [6.07, 6.45) is 1.16. The average Bonchev–Trinajstić information content (AvgIpc) is 2.75. The molecule has 0 spiro atoms. The Bertz CT molecular complexity index is 417. The summed E-state index contributed by atoms with van der Waals surface area (Å²) in [4.78, 5) is 2.16. The summed E-state index contributed by atoms with van der Waals surface area (Å²) in [7, 11) is 0. The van der Waals surface area contributed by atoms with Crippen molar-refractivity contribution < 1.29 is 4.39 Å². The fraction of sp³-hybridized carbons (Fsp3) is 0.625. The predicted octanol–water partition coefficient (Wildman–Crippen LogP) is 3.42. The van der Waals surface area contributed by atoms with E-state index in [0.717, 1.165) is 43.9 Å². The summed E-state index contributed by atoms with van der Waals surface area (Å²) in [5.41, 5.74) is 1.78. The first-order valence-electron chi connectivity index (χ1n) is 7.30. The molecule has 1 unspecified atom stereocenters. The van der Waals surface area contributed by atoms with E-state index in [1.165, 1.54) is 0 Å². The Morgan fingerprint density at radius 1 is 1.42 bits per heavy atom. The van der Waals surface area contributed by atoms with Crippen LogP contribution >= 0.6 is 0 Å². The molecule has 106 valence electrons. The van der Waals surface area contributed by atoms with Gasteiger partial charge in [-0.3, -0.25) is 0 Å². The van der Waals surface area contributed by atoms with E-state index in [1.807, 2.05) is 12.1 Å². The van der Waals surface area contributed by atoms with Crippen molar-refractivity contribution in [2.45, 2.75) is 33.7 Å². The molecule has 0 bridgehead atoms. The minimum absolute atomic E-state index is 0.0852. The lowest BCUT2D eigenvalue weighted by molar-refractivity contribution is 0.550. The van der Waals surface area contributed by atoms with Crippen molar-refractivity contribution in [3.05, 3.63) is 29.6 Å². The molecule has 0 saturated carbocycles. The van der Waals surface area contributed by atoms with Crippen LogP contribution in [0.2, 0.25) is 0 Å². The molecule has 1 heterocycles. The quantitative estimate of drug-likeness (QED) is 0.876. The number of hydrogen-bond acceptors (Lipinski definition) is 2. The maximum Gasteiger partial charge on any atom is 0.146 e. The maximum absolute atomic E-state index is 14.1. The third kappa shape index (κ3) is 3.93. The van der Waals surface area contributed by atoms with Crippen LogP contribution in [0.5, 0.6) is 0 Å². The van der Waals surface area contributed by atoms with Gasteiger partial charge >= 0.3 is 0 Å². The average molecular weight is 264 g/mol. The minimum Gasteiger partial charge on any atom is -0.369 e. The lowest BCUT2D eigenvalue weighted by atomic mass is 10.1. The second-order valence-electron chi connectivity index (χ2n) is 6.15. The Balaban J connectivity index is 1.97. The molecule has 0 aliphatic carbocycles. The molecule has 1 N–H and O–H groups in total. The van der Waals surface area contributed by atoms with Gasteiger partial charge in [-0.05, 0) is 42.5 Å². The molecular weight excluding hydrogens is 239 g/mol. The van der Waals surface area contributed by atoms with Crippen LogP contribution in [0.25, 0.3) is 0 Å². The highest BCUT2D eigenvalue weighted by atomic mass is 19.1. The summed E-state index contributed by atoms with van der Waals surface area (Å²) in [5.74, 6) is 1.21. The van der Waals surface area contributed by atoms with Crippen molar-refractivity contribution in [1.82, 2.24) is 5.32 Å². The van der Waals surface area contributed by atoms with Crippen molar-refractivity contribution in [2.75, 3.05) is 24.5 Å². The van der Waals surface area contributed by atoms with Gasteiger partial charge in [-0.15, -0.1) is 0 Å². The number of anilines is 1. The van der Waals surface area contributed by atoms with E-state index in [0.29, 0.717) is 11.8 Å². The van der Waals surface area contributed by atoms with Gasteiger partial charge in [0.25, 0.3) is 0 Å². The van der Waals surface area contributed by atoms with Crippen LogP contribution in [-0.4, -0.2) is 19.6 Å². The molecule has 0 radical (unpaired) electrons. The topological polar surface area (TPSA) is 15.3 Å². The van der Waals surface area contributed by atoms with E-state index in [-0.39, 0.29) is 5.82 Å². The molecule has 1 saturated heterocycles. The first-order valence-corrected chi connectivity index (χ1v) is 7.30. The number of benzene rings is 1. The van der Waals surface area contributed by atoms with E-state index >= 15 is 0 Å². The molecule has 3 heteroatoms. The first kappa shape index (κ1) is 14.3. The molecule has 1 aliphatic rings. The Hall–Kier alpha value is -1.09. The van der Waals surface area contributed by atoms with Crippen LogP contribution < -0.4 is 10.2 Å². The standard InChI is InChI=1S/C16H25FN2/c1-12(2)9-18-10-14-4-5-16(15(17)8-14)19-7-6-13(3)11-19/h4-5,8,12-13,18H,6-7,9-11H2,1-3H3. The van der Waals surface area contributed by atoms with Crippen LogP contribution in [0.1, 0.15) is 32.8 Å². The molecule has 19 heavy (non-hydrogen) atoms. The van der Waals surface area contributed by atoms with Crippen molar-refractivity contribution >= 4 is 5.69 Å². The van der Waals surface area contributed by atoms with E-state index in [4.69, 9.17) is 0 Å². The van der Waals surface area contributed by atoms with E-state index in [9.17, 15) is 4.39 Å². The van der Waals surface area contributed by atoms with Gasteiger partial charge in [-0.1, -0.05) is 26.8 Å². The Kier molecular flexibility index (Phi) is 4.81. The third-order valence-electron chi connectivity index (χ3n) is 3.66. The lowest BCUT2D eigenvalue weighted by Crippen LogP contribution is -2.21. The van der Waals surface area contributed by atoms with Crippen molar-refractivity contribution in [1.29, 1.82) is 0 Å². The van der Waals surface area contributed by atoms with Crippen LogP contribution in [-0.2, 0) is 6.54 Å². The second-order valence-corrected chi connectivity index (χ2v) is 6.15. The van der Waals surface area contributed by atoms with Gasteiger partial charge in [-0.2, -0.15) is 0 Å². The number of nitrogens with zero attached hydrogens (tertiary/aromatic N) is 1. The van der Waals surface area contributed by atoms with Gasteiger partial charge in [-0.25, -0.2) is 4.39 Å². The van der Waals surface area contributed by atoms with Gasteiger partial charge in [0.2, 0.25) is 0 Å². The molecular formula is C16H25FN2. The summed E-state index contributed by atoms with van der Waals surface area (Å²) in [6, 6.07) is 5.64. The Labute approximate surface area is 116 Å². The van der Waals surface area contributed by atoms with Crippen molar-refractivity contribution in [2.24, 2.45) is 11.8 Å². The SMILES string of the molecule is CC(C)CNCc1ccc(N2CCC(C)C2)c(F)c1. The minimum atomic E-state index is -0.0852. The highest BCUT2D eigenvalue weighted by Crippen LogP contribution is 2.26. The number of rotatable bonds is 5. The van der Waals surface area contributed by atoms with E-state index < -0.39 is 0 Å². The molecule has 1 fully saturated rings. The van der Waals surface area contributed by atoms with Gasteiger partial charge in [0, 0.05) is 19.6 Å². The predicted molar refractivity (Wildman–Crippen MR) is 78.9 cm³/mol. The van der Waals surface area contributed by atoms with Gasteiger partial charge in [0.15, 0.2) is 0 Å². The fourth-order valence-electron chi connectivity index (χ4n) is 2.58. The zero-order chi connectivity index (χ0) is 13.8. The normalized spacial score (nSPS) is 19.4. The monoisotopic (exact) mass is 264 g/mol. The summed E-state index contributed by atoms with van der Waals surface area (Å²) in [5, 5.41) is 3.34. The number of nitrogens with one attached hydrogen (secondary N) is 1. The molecule has 1 aromatic rings. The molecule has 1 atom stereocenters. The Morgan fingerprint density at radius 3 is 2.79 bits per heavy atom. The first-order chi connectivity index (χ1) is 9.06. The smallest absolute Gasteiger partial charge is 0.146 e. The largest absolute Gasteiger partial charge is 0.369 e. The fourth-order valence-corrected chi connectivity index (χ4v) is 2.58. The number of hydrogen-bond donors (Lipinski definition) is 1. The summed E-state index contributed by atoms with van der Waals surface area (Å²) < 4.78 is 14.1. The molecule has 2 rings (SSSR count). The van der Waals surface area contributed by atoms with Gasteiger partial charge in [0.05, 0.1) is 5.69 Å². The zero-order valence-corrected chi connectivity index (χ0v) is 12.2. The Morgan fingerprint density at radius 2 is 2.21 bits per heavy atom. The highest BCUT2D eigenvalue weighted by molar-refractivity contribution is 5.50. The maximum atomic E-state index is 14.1. The molecule has 0 aromatic heterocycles. The second kappa shape index (κ2) is 6.38. The zero-order valence-electron chi connectivity index (χ0n) is 12.2. The lowest BCUT2D eigenvalue weighted by Gasteiger charge is -2.19. The highest BCUT2D eigenvalue weighted by Gasteiger charge is 2.21. The molecule has 1 aromatic carbocycles. The van der Waals surface area contributed by atoms with Crippen molar-refractivity contribution in [3.63, 3.8) is 0 Å². The van der Waals surface area contributed by atoms with Crippen LogP contribution in [0.4, 0.5) is 10.1 Å².